The topological polar surface area (TPSA) is 44.2 Å². The number of nitrogens with zero attached hydrogens (tertiary/aromatic N) is 2. The van der Waals surface area contributed by atoms with E-state index in [1.807, 2.05) is 27.7 Å². The van der Waals surface area contributed by atoms with Crippen LogP contribution in [-0.4, -0.2) is 28.3 Å². The zero-order valence-corrected chi connectivity index (χ0v) is 13.1. The van der Waals surface area contributed by atoms with E-state index in [9.17, 15) is 4.39 Å². The Morgan fingerprint density at radius 3 is 1.91 bits per heavy atom. The number of benzene rings is 1. The van der Waals surface area contributed by atoms with Crippen molar-refractivity contribution in [3.63, 3.8) is 0 Å². The summed E-state index contributed by atoms with van der Waals surface area (Å²) in [6, 6.07) is 6.08. The summed E-state index contributed by atoms with van der Waals surface area (Å²) < 4.78 is 24.9. The third-order valence-corrected chi connectivity index (χ3v) is 4.30. The molecule has 6 heteroatoms. The zero-order valence-electron chi connectivity index (χ0n) is 13.1. The molecule has 1 fully saturated rings. The first-order valence-corrected chi connectivity index (χ1v) is 7.22. The highest BCUT2D eigenvalue weighted by atomic mass is 19.1. The molecule has 1 aliphatic heterocycles. The van der Waals surface area contributed by atoms with Crippen LogP contribution in [0.25, 0.3) is 11.4 Å². The first-order valence-electron chi connectivity index (χ1n) is 7.22. The van der Waals surface area contributed by atoms with Gasteiger partial charge in [-0.2, -0.15) is 0 Å². The Bertz CT molecular complexity index is 656. The molecule has 0 amide bonds. The van der Waals surface area contributed by atoms with Crippen molar-refractivity contribution < 1.29 is 13.7 Å². The molecule has 114 valence electrons. The minimum Gasteiger partial charge on any atom is -0.399 e. The van der Waals surface area contributed by atoms with Gasteiger partial charge in [0.1, 0.15) is 5.82 Å². The molecule has 2 heterocycles. The molecule has 2 aromatic rings. The van der Waals surface area contributed by atoms with Crippen molar-refractivity contribution in [2.45, 2.75) is 38.9 Å². The maximum atomic E-state index is 12.9. The van der Waals surface area contributed by atoms with Crippen LogP contribution >= 0.6 is 0 Å². The molecule has 1 aliphatic rings. The molecule has 3 rings (SSSR count). The summed E-state index contributed by atoms with van der Waals surface area (Å²) in [5.41, 5.74) is 0.743. The van der Waals surface area contributed by atoms with Crippen molar-refractivity contribution in [2.24, 2.45) is 0 Å². The molecule has 0 aliphatic carbocycles. The van der Waals surface area contributed by atoms with Crippen LogP contribution in [0.15, 0.2) is 36.7 Å². The number of hydrogen-bond donors (Lipinski definition) is 0. The van der Waals surface area contributed by atoms with Crippen molar-refractivity contribution >= 4 is 12.6 Å². The Hall–Kier alpha value is -1.79. The lowest BCUT2D eigenvalue weighted by atomic mass is 9.81. The van der Waals surface area contributed by atoms with Gasteiger partial charge in [0, 0.05) is 23.4 Å². The summed E-state index contributed by atoms with van der Waals surface area (Å²) in [6.45, 7) is 8.00. The maximum absolute atomic E-state index is 12.9. The van der Waals surface area contributed by atoms with E-state index in [1.54, 1.807) is 24.5 Å². The molecular formula is C16H18BFN2O2. The average molecular weight is 300 g/mol. The van der Waals surface area contributed by atoms with Gasteiger partial charge in [-0.1, -0.05) is 0 Å². The van der Waals surface area contributed by atoms with Crippen molar-refractivity contribution in [1.29, 1.82) is 0 Å². The normalized spacial score (nSPS) is 19.4. The predicted octanol–water partition coefficient (Wildman–Crippen LogP) is 2.58. The number of hydrogen-bond acceptors (Lipinski definition) is 4. The van der Waals surface area contributed by atoms with Gasteiger partial charge in [0.05, 0.1) is 11.2 Å². The Balaban J connectivity index is 1.82. The standard InChI is InChI=1S/C16H18BFN2O2/c1-15(2)16(3,4)22-17(21-15)12-9-19-14(20-10-12)11-5-7-13(18)8-6-11/h5-10H,1-4H3. The van der Waals surface area contributed by atoms with E-state index < -0.39 is 18.3 Å². The highest BCUT2D eigenvalue weighted by Gasteiger charge is 2.51. The maximum Gasteiger partial charge on any atom is 0.498 e. The minimum atomic E-state index is -0.479. The van der Waals surface area contributed by atoms with Gasteiger partial charge in [-0.25, -0.2) is 14.4 Å². The summed E-state index contributed by atoms with van der Waals surface area (Å²) in [5.74, 6) is 0.262. The van der Waals surface area contributed by atoms with Crippen LogP contribution in [0, 0.1) is 5.82 Å². The van der Waals surface area contributed by atoms with E-state index in [-0.39, 0.29) is 5.82 Å². The molecule has 1 aromatic heterocycles. The van der Waals surface area contributed by atoms with E-state index in [1.165, 1.54) is 12.1 Å². The molecule has 0 unspecified atom stereocenters. The van der Waals surface area contributed by atoms with Gasteiger partial charge in [0.15, 0.2) is 5.82 Å². The SMILES string of the molecule is CC1(C)OB(c2cnc(-c3ccc(F)cc3)nc2)OC1(C)C. The van der Waals surface area contributed by atoms with E-state index in [0.29, 0.717) is 5.82 Å². The van der Waals surface area contributed by atoms with Gasteiger partial charge in [-0.15, -0.1) is 0 Å². The molecule has 0 atom stereocenters. The minimum absolute atomic E-state index is 0.280. The lowest BCUT2D eigenvalue weighted by Crippen LogP contribution is -2.41. The quantitative estimate of drug-likeness (QED) is 0.800. The molecule has 0 spiro atoms. The second-order valence-electron chi connectivity index (χ2n) is 6.44. The predicted molar refractivity (Wildman–Crippen MR) is 83.1 cm³/mol. The molecule has 0 N–H and O–H groups in total. The van der Waals surface area contributed by atoms with Crippen molar-refractivity contribution in [3.05, 3.63) is 42.5 Å². The Morgan fingerprint density at radius 2 is 1.41 bits per heavy atom. The smallest absolute Gasteiger partial charge is 0.399 e. The second-order valence-corrected chi connectivity index (χ2v) is 6.44. The molecule has 4 nitrogen and oxygen atoms in total. The Morgan fingerprint density at radius 1 is 0.909 bits per heavy atom. The van der Waals surface area contributed by atoms with Gasteiger partial charge >= 0.3 is 7.12 Å². The van der Waals surface area contributed by atoms with Crippen molar-refractivity contribution in [1.82, 2.24) is 9.97 Å². The first-order chi connectivity index (χ1) is 10.3. The summed E-state index contributed by atoms with van der Waals surface area (Å²) in [6.07, 6.45) is 3.38. The van der Waals surface area contributed by atoms with Crippen LogP contribution in [-0.2, 0) is 9.31 Å². The molecule has 0 bridgehead atoms. The van der Waals surface area contributed by atoms with Crippen LogP contribution < -0.4 is 5.46 Å². The fourth-order valence-corrected chi connectivity index (χ4v) is 2.19. The van der Waals surface area contributed by atoms with Crippen molar-refractivity contribution in [3.8, 4) is 11.4 Å². The molecular weight excluding hydrogens is 282 g/mol. The Labute approximate surface area is 129 Å². The number of halogens is 1. The van der Waals surface area contributed by atoms with Crippen LogP contribution in [0.5, 0.6) is 0 Å². The van der Waals surface area contributed by atoms with Crippen LogP contribution in [0.2, 0.25) is 0 Å². The molecule has 22 heavy (non-hydrogen) atoms. The van der Waals surface area contributed by atoms with Gasteiger partial charge in [-0.3, -0.25) is 0 Å². The molecule has 1 aromatic carbocycles. The van der Waals surface area contributed by atoms with Gasteiger partial charge < -0.3 is 9.31 Å². The highest BCUT2D eigenvalue weighted by Crippen LogP contribution is 2.36. The summed E-state index contributed by atoms with van der Waals surface area (Å²) >= 11 is 0. The van der Waals surface area contributed by atoms with Crippen molar-refractivity contribution in [2.75, 3.05) is 0 Å². The van der Waals surface area contributed by atoms with E-state index >= 15 is 0 Å². The largest absolute Gasteiger partial charge is 0.498 e. The van der Waals surface area contributed by atoms with Crippen LogP contribution in [0.1, 0.15) is 27.7 Å². The molecule has 1 saturated heterocycles. The van der Waals surface area contributed by atoms with Gasteiger partial charge in [-0.05, 0) is 52.0 Å². The van der Waals surface area contributed by atoms with E-state index in [0.717, 1.165) is 11.0 Å². The fourth-order valence-electron chi connectivity index (χ4n) is 2.19. The number of rotatable bonds is 2. The summed E-state index contributed by atoms with van der Waals surface area (Å²) in [4.78, 5) is 8.65. The second kappa shape index (κ2) is 5.14. The lowest BCUT2D eigenvalue weighted by Gasteiger charge is -2.32. The average Bonchev–Trinajstić information content (AvgIpc) is 2.68. The lowest BCUT2D eigenvalue weighted by molar-refractivity contribution is 0.00578. The Kier molecular flexibility index (Phi) is 3.53. The molecule has 0 saturated carbocycles. The third kappa shape index (κ3) is 2.64. The van der Waals surface area contributed by atoms with E-state index in [2.05, 4.69) is 9.97 Å². The summed E-state index contributed by atoms with van der Waals surface area (Å²) in [5, 5.41) is 0. The zero-order chi connectivity index (χ0) is 16.0. The van der Waals surface area contributed by atoms with E-state index in [4.69, 9.17) is 9.31 Å². The monoisotopic (exact) mass is 300 g/mol. The third-order valence-electron chi connectivity index (χ3n) is 4.30. The fraction of sp³-hybridized carbons (Fsp3) is 0.375. The van der Waals surface area contributed by atoms with Gasteiger partial charge in [0.2, 0.25) is 0 Å². The highest BCUT2D eigenvalue weighted by molar-refractivity contribution is 6.61. The summed E-state index contributed by atoms with van der Waals surface area (Å²) in [7, 11) is -0.479. The first kappa shape index (κ1) is 15.1. The number of aromatic nitrogens is 2. The van der Waals surface area contributed by atoms with Crippen LogP contribution in [0.3, 0.4) is 0 Å². The van der Waals surface area contributed by atoms with Crippen LogP contribution in [0.4, 0.5) is 4.39 Å². The molecule has 0 radical (unpaired) electrons. The van der Waals surface area contributed by atoms with Gasteiger partial charge in [0.25, 0.3) is 0 Å².